The second-order valence-electron chi connectivity index (χ2n) is 6.10. The zero-order valence-corrected chi connectivity index (χ0v) is 16.6. The van der Waals surface area contributed by atoms with Crippen molar-refractivity contribution in [1.29, 1.82) is 5.26 Å². The Morgan fingerprint density at radius 1 is 1.03 bits per heavy atom. The number of benzene rings is 2. The normalized spacial score (nSPS) is 10.4. The van der Waals surface area contributed by atoms with Crippen LogP contribution in [0.25, 0.3) is 16.4 Å². The molecule has 0 N–H and O–H groups in total. The Hall–Kier alpha value is -3.96. The average Bonchev–Trinajstić information content (AvgIpc) is 3.47. The lowest BCUT2D eigenvalue weighted by Gasteiger charge is -2.06. The molecule has 2 aromatic carbocycles. The zero-order valence-electron chi connectivity index (χ0n) is 15.8. The van der Waals surface area contributed by atoms with Crippen LogP contribution in [-0.2, 0) is 4.74 Å². The summed E-state index contributed by atoms with van der Waals surface area (Å²) in [4.78, 5) is 17.8. The van der Waals surface area contributed by atoms with E-state index in [-0.39, 0.29) is 19.0 Å². The quantitative estimate of drug-likeness (QED) is 0.333. The molecule has 148 valence electrons. The van der Waals surface area contributed by atoms with Crippen LogP contribution in [0.4, 0.5) is 0 Å². The number of hydrogen-bond acceptors (Lipinski definition) is 7. The Morgan fingerprint density at radius 2 is 1.83 bits per heavy atom. The van der Waals surface area contributed by atoms with Crippen LogP contribution in [0.5, 0.6) is 5.75 Å². The molecule has 0 saturated heterocycles. The number of rotatable bonds is 7. The van der Waals surface area contributed by atoms with Gasteiger partial charge in [-0.15, -0.1) is 16.4 Å². The molecule has 7 nitrogen and oxygen atoms in total. The fourth-order valence-electron chi connectivity index (χ4n) is 2.70. The largest absolute Gasteiger partial charge is 0.490 e. The summed E-state index contributed by atoms with van der Waals surface area (Å²) in [5.74, 6) is 0.542. The molecule has 4 aromatic rings. The summed E-state index contributed by atoms with van der Waals surface area (Å²) >= 11 is 1.52. The third kappa shape index (κ3) is 4.37. The number of carbonyl (C=O) groups excluding carboxylic acids is 1. The van der Waals surface area contributed by atoms with Crippen molar-refractivity contribution >= 4 is 17.3 Å². The van der Waals surface area contributed by atoms with Gasteiger partial charge in [-0.1, -0.05) is 24.3 Å². The molecule has 0 unspecified atom stereocenters. The molecular weight excluding hydrogens is 400 g/mol. The number of para-hydroxylation sites is 1. The van der Waals surface area contributed by atoms with E-state index in [1.54, 1.807) is 28.9 Å². The molecule has 0 aliphatic heterocycles. The van der Waals surface area contributed by atoms with Crippen molar-refractivity contribution < 1.29 is 14.3 Å². The van der Waals surface area contributed by atoms with E-state index in [0.29, 0.717) is 17.1 Å². The second kappa shape index (κ2) is 9.03. The number of nitrogens with zero attached hydrogens (tertiary/aromatic N) is 4. The van der Waals surface area contributed by atoms with E-state index in [1.165, 1.54) is 11.3 Å². The van der Waals surface area contributed by atoms with Crippen LogP contribution in [0.15, 0.2) is 72.1 Å². The predicted octanol–water partition coefficient (Wildman–Crippen LogP) is 4.10. The number of carbonyl (C=O) groups is 1. The van der Waals surface area contributed by atoms with Gasteiger partial charge in [0.2, 0.25) is 0 Å². The van der Waals surface area contributed by atoms with E-state index in [2.05, 4.69) is 10.1 Å². The number of ether oxygens (including phenoxy) is 2. The number of esters is 1. The molecule has 0 aliphatic rings. The minimum Gasteiger partial charge on any atom is -0.490 e. The van der Waals surface area contributed by atoms with Gasteiger partial charge in [0.1, 0.15) is 19.0 Å². The van der Waals surface area contributed by atoms with Crippen LogP contribution in [0.1, 0.15) is 16.2 Å². The van der Waals surface area contributed by atoms with Crippen LogP contribution < -0.4 is 4.74 Å². The standard InChI is InChI=1S/C22H16N4O3S/c23-15-16-8-10-18(11-9-16)28-12-13-29-22(27)20-24-21(19-7-4-14-30-19)26(25-20)17-5-2-1-3-6-17/h1-11,14H,12-13H2. The van der Waals surface area contributed by atoms with Gasteiger partial charge in [-0.3, -0.25) is 0 Å². The van der Waals surface area contributed by atoms with Gasteiger partial charge in [-0.25, -0.2) is 9.48 Å². The molecule has 2 aromatic heterocycles. The maximum atomic E-state index is 12.5. The van der Waals surface area contributed by atoms with Crippen molar-refractivity contribution in [1.82, 2.24) is 14.8 Å². The third-order valence-electron chi connectivity index (χ3n) is 4.10. The van der Waals surface area contributed by atoms with Gasteiger partial charge in [0.05, 0.1) is 22.2 Å². The van der Waals surface area contributed by atoms with Gasteiger partial charge in [0.15, 0.2) is 5.82 Å². The summed E-state index contributed by atoms with van der Waals surface area (Å²) in [6.07, 6.45) is 0. The highest BCUT2D eigenvalue weighted by Gasteiger charge is 2.20. The van der Waals surface area contributed by atoms with Crippen LogP contribution in [0, 0.1) is 11.3 Å². The van der Waals surface area contributed by atoms with E-state index in [1.807, 2.05) is 53.9 Å². The van der Waals surface area contributed by atoms with Crippen molar-refractivity contribution in [2.45, 2.75) is 0 Å². The Balaban J connectivity index is 1.43. The molecule has 0 spiro atoms. The molecular formula is C22H16N4O3S. The topological polar surface area (TPSA) is 90.0 Å². The van der Waals surface area contributed by atoms with Gasteiger partial charge in [-0.2, -0.15) is 10.2 Å². The monoisotopic (exact) mass is 416 g/mol. The minimum atomic E-state index is -0.620. The summed E-state index contributed by atoms with van der Waals surface area (Å²) < 4.78 is 12.4. The summed E-state index contributed by atoms with van der Waals surface area (Å²) in [6.45, 7) is 0.224. The van der Waals surface area contributed by atoms with Gasteiger partial charge < -0.3 is 9.47 Å². The predicted molar refractivity (Wildman–Crippen MR) is 112 cm³/mol. The lowest BCUT2D eigenvalue weighted by molar-refractivity contribution is 0.0436. The van der Waals surface area contributed by atoms with E-state index in [0.717, 1.165) is 10.6 Å². The fourth-order valence-corrected chi connectivity index (χ4v) is 3.40. The highest BCUT2D eigenvalue weighted by Crippen LogP contribution is 2.25. The number of nitriles is 1. The van der Waals surface area contributed by atoms with E-state index < -0.39 is 5.97 Å². The highest BCUT2D eigenvalue weighted by molar-refractivity contribution is 7.13. The lowest BCUT2D eigenvalue weighted by atomic mass is 10.2. The second-order valence-corrected chi connectivity index (χ2v) is 7.05. The smallest absolute Gasteiger partial charge is 0.378 e. The van der Waals surface area contributed by atoms with E-state index >= 15 is 0 Å². The molecule has 0 radical (unpaired) electrons. The summed E-state index contributed by atoms with van der Waals surface area (Å²) in [7, 11) is 0. The number of aromatic nitrogens is 3. The molecule has 0 bridgehead atoms. The van der Waals surface area contributed by atoms with Crippen molar-refractivity contribution in [2.24, 2.45) is 0 Å². The number of hydrogen-bond donors (Lipinski definition) is 0. The molecule has 30 heavy (non-hydrogen) atoms. The van der Waals surface area contributed by atoms with E-state index in [4.69, 9.17) is 14.7 Å². The molecule has 0 atom stereocenters. The Labute approximate surface area is 176 Å². The van der Waals surface area contributed by atoms with Crippen molar-refractivity contribution in [3.05, 3.63) is 83.5 Å². The zero-order chi connectivity index (χ0) is 20.8. The van der Waals surface area contributed by atoms with Crippen molar-refractivity contribution in [3.63, 3.8) is 0 Å². The SMILES string of the molecule is N#Cc1ccc(OCCOC(=O)c2nc(-c3cccs3)n(-c3ccccc3)n2)cc1. The Bertz CT molecular complexity index is 1160. The maximum absolute atomic E-state index is 12.5. The van der Waals surface area contributed by atoms with Crippen molar-refractivity contribution in [3.8, 4) is 28.2 Å². The van der Waals surface area contributed by atoms with Crippen molar-refractivity contribution in [2.75, 3.05) is 13.2 Å². The Kier molecular flexibility index (Phi) is 5.83. The van der Waals surface area contributed by atoms with E-state index in [9.17, 15) is 4.79 Å². The van der Waals surface area contributed by atoms with Gasteiger partial charge >= 0.3 is 5.97 Å². The summed E-state index contributed by atoms with van der Waals surface area (Å²) in [6, 6.07) is 22.1. The summed E-state index contributed by atoms with van der Waals surface area (Å²) in [5, 5.41) is 15.1. The number of thiophene rings is 1. The highest BCUT2D eigenvalue weighted by atomic mass is 32.1. The third-order valence-corrected chi connectivity index (χ3v) is 4.97. The molecule has 0 fully saturated rings. The first-order chi connectivity index (χ1) is 14.7. The fraction of sp³-hybridized carbons (Fsp3) is 0.0909. The first kappa shape index (κ1) is 19.4. The molecule has 2 heterocycles. The van der Waals surface area contributed by atoms with Gasteiger partial charge in [0.25, 0.3) is 5.82 Å². The molecule has 0 saturated carbocycles. The lowest BCUT2D eigenvalue weighted by Crippen LogP contribution is -2.14. The van der Waals surface area contributed by atoms with Crippen LogP contribution in [-0.4, -0.2) is 33.9 Å². The van der Waals surface area contributed by atoms with Crippen LogP contribution in [0.3, 0.4) is 0 Å². The van der Waals surface area contributed by atoms with Crippen LogP contribution in [0.2, 0.25) is 0 Å². The average molecular weight is 416 g/mol. The van der Waals surface area contributed by atoms with Gasteiger partial charge in [0, 0.05) is 0 Å². The minimum absolute atomic E-state index is 0.0133. The Morgan fingerprint density at radius 3 is 2.53 bits per heavy atom. The first-order valence-electron chi connectivity index (χ1n) is 9.11. The summed E-state index contributed by atoms with van der Waals surface area (Å²) in [5.41, 5.74) is 1.35. The van der Waals surface area contributed by atoms with Gasteiger partial charge in [-0.05, 0) is 47.8 Å². The first-order valence-corrected chi connectivity index (χ1v) is 9.99. The molecule has 4 rings (SSSR count). The molecule has 0 amide bonds. The maximum Gasteiger partial charge on any atom is 0.378 e. The molecule has 0 aliphatic carbocycles. The molecule has 8 heteroatoms. The van der Waals surface area contributed by atoms with Crippen LogP contribution >= 0.6 is 11.3 Å².